The average Bonchev–Trinajstić information content (AvgIpc) is 2.96. The molecule has 3 rings (SSSR count). The molecular formula is C16H21N3O. The molecule has 0 spiro atoms. The zero-order chi connectivity index (χ0) is 13.8. The lowest BCUT2D eigenvalue weighted by atomic mass is 9.96. The molecule has 2 heterocycles. The van der Waals surface area contributed by atoms with E-state index in [-0.39, 0.29) is 0 Å². The Morgan fingerprint density at radius 3 is 2.90 bits per heavy atom. The van der Waals surface area contributed by atoms with E-state index in [0.717, 1.165) is 26.1 Å². The lowest BCUT2D eigenvalue weighted by Gasteiger charge is -2.23. The Balaban J connectivity index is 1.65. The van der Waals surface area contributed by atoms with E-state index >= 15 is 0 Å². The highest BCUT2D eigenvalue weighted by molar-refractivity contribution is 5.26. The summed E-state index contributed by atoms with van der Waals surface area (Å²) in [6.07, 6.45) is 7.40. The van der Waals surface area contributed by atoms with Crippen molar-refractivity contribution in [3.63, 3.8) is 0 Å². The number of aromatic nitrogens is 2. The van der Waals surface area contributed by atoms with Crippen LogP contribution in [0.15, 0.2) is 36.8 Å². The first-order valence-electron chi connectivity index (χ1n) is 7.31. The topological polar surface area (TPSA) is 50.1 Å². The molecule has 1 aromatic carbocycles. The molecule has 0 amide bonds. The Kier molecular flexibility index (Phi) is 4.02. The molecule has 2 aromatic rings. The summed E-state index contributed by atoms with van der Waals surface area (Å²) < 4.78 is 2.27. The van der Waals surface area contributed by atoms with Gasteiger partial charge in [-0.2, -0.15) is 0 Å². The summed E-state index contributed by atoms with van der Waals surface area (Å²) in [6, 6.07) is 7.45. The maximum Gasteiger partial charge on any atom is 0.115 e. The second kappa shape index (κ2) is 6.09. The van der Waals surface area contributed by atoms with Gasteiger partial charge in [0.2, 0.25) is 0 Å². The fourth-order valence-corrected chi connectivity index (χ4v) is 2.87. The number of aryl methyl sites for hydroxylation is 2. The van der Waals surface area contributed by atoms with Crippen LogP contribution in [0.25, 0.3) is 0 Å². The molecular weight excluding hydrogens is 250 g/mol. The Hall–Kier alpha value is -1.81. The van der Waals surface area contributed by atoms with Gasteiger partial charge in [0.1, 0.15) is 5.75 Å². The van der Waals surface area contributed by atoms with Crippen LogP contribution in [0.1, 0.15) is 30.0 Å². The van der Waals surface area contributed by atoms with E-state index in [1.807, 2.05) is 24.7 Å². The number of hydrogen-bond donors (Lipinski definition) is 2. The highest BCUT2D eigenvalue weighted by Crippen LogP contribution is 2.23. The molecule has 1 saturated heterocycles. The van der Waals surface area contributed by atoms with Crippen LogP contribution >= 0.6 is 0 Å². The van der Waals surface area contributed by atoms with Crippen molar-refractivity contribution in [2.24, 2.45) is 0 Å². The average molecular weight is 271 g/mol. The minimum atomic E-state index is 0.324. The minimum Gasteiger partial charge on any atom is -0.508 e. The van der Waals surface area contributed by atoms with Crippen LogP contribution in [0.4, 0.5) is 0 Å². The molecule has 20 heavy (non-hydrogen) atoms. The lowest BCUT2D eigenvalue weighted by molar-refractivity contribution is 0.440. The van der Waals surface area contributed by atoms with E-state index in [2.05, 4.69) is 14.9 Å². The predicted octanol–water partition coefficient (Wildman–Crippen LogP) is 2.30. The Bertz CT molecular complexity index is 541. The maximum atomic E-state index is 9.30. The smallest absolute Gasteiger partial charge is 0.115 e. The molecule has 1 atom stereocenters. The number of hydrogen-bond acceptors (Lipinski definition) is 3. The highest BCUT2D eigenvalue weighted by Gasteiger charge is 2.18. The van der Waals surface area contributed by atoms with Crippen LogP contribution in [-0.4, -0.2) is 27.7 Å². The van der Waals surface area contributed by atoms with E-state index < -0.39 is 0 Å². The quantitative estimate of drug-likeness (QED) is 0.897. The van der Waals surface area contributed by atoms with E-state index in [0.29, 0.717) is 11.7 Å². The van der Waals surface area contributed by atoms with Crippen molar-refractivity contribution in [2.45, 2.75) is 31.7 Å². The summed E-state index contributed by atoms with van der Waals surface area (Å²) in [5.74, 6) is 0.913. The molecule has 1 aliphatic rings. The molecule has 1 fully saturated rings. The third kappa shape index (κ3) is 3.02. The summed E-state index contributed by atoms with van der Waals surface area (Å²) in [5, 5.41) is 12.8. The van der Waals surface area contributed by atoms with Gasteiger partial charge >= 0.3 is 0 Å². The van der Waals surface area contributed by atoms with E-state index in [1.165, 1.54) is 24.1 Å². The number of piperidine rings is 1. The number of nitrogens with one attached hydrogen (secondary N) is 1. The van der Waals surface area contributed by atoms with Crippen molar-refractivity contribution >= 4 is 0 Å². The molecule has 4 nitrogen and oxygen atoms in total. The summed E-state index contributed by atoms with van der Waals surface area (Å²) in [5.41, 5.74) is 2.58. The van der Waals surface area contributed by atoms with Gasteiger partial charge in [0, 0.05) is 30.9 Å². The van der Waals surface area contributed by atoms with Crippen molar-refractivity contribution in [1.29, 1.82) is 0 Å². The number of nitrogens with zero attached hydrogens (tertiary/aromatic N) is 2. The van der Waals surface area contributed by atoms with Crippen LogP contribution in [0, 0.1) is 0 Å². The third-order valence-corrected chi connectivity index (χ3v) is 4.04. The number of benzene rings is 1. The fraction of sp³-hybridized carbons (Fsp3) is 0.438. The fourth-order valence-electron chi connectivity index (χ4n) is 2.87. The molecule has 0 aliphatic carbocycles. The molecule has 106 valence electrons. The SMILES string of the molecule is Oc1ccc(CCn2cncc2C2CCCNC2)cc1. The van der Waals surface area contributed by atoms with Crippen molar-refractivity contribution in [3.05, 3.63) is 48.0 Å². The van der Waals surface area contributed by atoms with Gasteiger partial charge in [0.15, 0.2) is 0 Å². The molecule has 2 N–H and O–H groups in total. The van der Waals surface area contributed by atoms with E-state index in [4.69, 9.17) is 0 Å². The summed E-state index contributed by atoms with van der Waals surface area (Å²) in [7, 11) is 0. The zero-order valence-electron chi connectivity index (χ0n) is 11.6. The summed E-state index contributed by atoms with van der Waals surface area (Å²) in [6.45, 7) is 3.14. The number of aromatic hydroxyl groups is 1. The third-order valence-electron chi connectivity index (χ3n) is 4.04. The van der Waals surface area contributed by atoms with Crippen molar-refractivity contribution in [3.8, 4) is 5.75 Å². The monoisotopic (exact) mass is 271 g/mol. The van der Waals surface area contributed by atoms with Crippen LogP contribution in [0.5, 0.6) is 5.75 Å². The van der Waals surface area contributed by atoms with Crippen LogP contribution in [-0.2, 0) is 13.0 Å². The van der Waals surface area contributed by atoms with Gasteiger partial charge in [0.25, 0.3) is 0 Å². The Morgan fingerprint density at radius 2 is 2.15 bits per heavy atom. The largest absolute Gasteiger partial charge is 0.508 e. The van der Waals surface area contributed by atoms with Gasteiger partial charge in [-0.15, -0.1) is 0 Å². The number of imidazole rings is 1. The molecule has 1 aromatic heterocycles. The van der Waals surface area contributed by atoms with Gasteiger partial charge < -0.3 is 15.0 Å². The molecule has 4 heteroatoms. The molecule has 0 radical (unpaired) electrons. The molecule has 0 bridgehead atoms. The molecule has 0 saturated carbocycles. The lowest BCUT2D eigenvalue weighted by Crippen LogP contribution is -2.29. The normalized spacial score (nSPS) is 19.1. The van der Waals surface area contributed by atoms with Crippen LogP contribution < -0.4 is 5.32 Å². The van der Waals surface area contributed by atoms with Crippen molar-refractivity contribution < 1.29 is 5.11 Å². The van der Waals surface area contributed by atoms with Crippen molar-refractivity contribution in [2.75, 3.05) is 13.1 Å². The van der Waals surface area contributed by atoms with E-state index in [1.54, 1.807) is 12.1 Å². The Morgan fingerprint density at radius 1 is 1.30 bits per heavy atom. The van der Waals surface area contributed by atoms with Crippen molar-refractivity contribution in [1.82, 2.24) is 14.9 Å². The minimum absolute atomic E-state index is 0.324. The van der Waals surface area contributed by atoms with E-state index in [9.17, 15) is 5.11 Å². The zero-order valence-corrected chi connectivity index (χ0v) is 11.6. The van der Waals surface area contributed by atoms with Gasteiger partial charge in [-0.05, 0) is 43.5 Å². The molecule has 1 unspecified atom stereocenters. The van der Waals surface area contributed by atoms with Gasteiger partial charge in [-0.1, -0.05) is 12.1 Å². The standard InChI is InChI=1S/C16H21N3O/c20-15-5-3-13(4-6-15)7-9-19-12-18-11-16(19)14-2-1-8-17-10-14/h3-6,11-12,14,17,20H,1-2,7-10H2. The Labute approximate surface area is 119 Å². The first-order chi connectivity index (χ1) is 9.83. The van der Waals surface area contributed by atoms with Crippen LogP contribution in [0.2, 0.25) is 0 Å². The van der Waals surface area contributed by atoms with Gasteiger partial charge in [-0.25, -0.2) is 4.98 Å². The summed E-state index contributed by atoms with van der Waals surface area (Å²) in [4.78, 5) is 4.32. The second-order valence-electron chi connectivity index (χ2n) is 5.47. The first-order valence-corrected chi connectivity index (χ1v) is 7.31. The second-order valence-corrected chi connectivity index (χ2v) is 5.47. The summed E-state index contributed by atoms with van der Waals surface area (Å²) >= 11 is 0. The highest BCUT2D eigenvalue weighted by atomic mass is 16.3. The number of rotatable bonds is 4. The molecule has 1 aliphatic heterocycles. The predicted molar refractivity (Wildman–Crippen MR) is 78.9 cm³/mol. The van der Waals surface area contributed by atoms with Gasteiger partial charge in [-0.3, -0.25) is 0 Å². The van der Waals surface area contributed by atoms with Gasteiger partial charge in [0.05, 0.1) is 6.33 Å². The van der Waals surface area contributed by atoms with Crippen LogP contribution in [0.3, 0.4) is 0 Å². The maximum absolute atomic E-state index is 9.30. The number of phenols is 1. The first kappa shape index (κ1) is 13.2. The number of phenolic OH excluding ortho intramolecular Hbond substituents is 1.